The van der Waals surface area contributed by atoms with Gasteiger partial charge in [-0.2, -0.15) is 0 Å². The normalized spacial score (nSPS) is 15.8. The van der Waals surface area contributed by atoms with Crippen LogP contribution >= 0.6 is 0 Å². The summed E-state index contributed by atoms with van der Waals surface area (Å²) in [7, 11) is 5.13. The highest BCUT2D eigenvalue weighted by molar-refractivity contribution is 5.79. The van der Waals surface area contributed by atoms with Crippen molar-refractivity contribution in [1.29, 1.82) is 0 Å². The number of amides is 2. The van der Waals surface area contributed by atoms with Crippen molar-refractivity contribution in [3.05, 3.63) is 29.8 Å². The van der Waals surface area contributed by atoms with E-state index in [2.05, 4.69) is 10.2 Å². The molecule has 1 aromatic rings. The molecule has 2 rings (SSSR count). The molecule has 1 fully saturated rings. The molecule has 24 heavy (non-hydrogen) atoms. The lowest BCUT2D eigenvalue weighted by Gasteiger charge is -2.31. The minimum absolute atomic E-state index is 0.0818. The zero-order valence-corrected chi connectivity index (χ0v) is 14.7. The Hall–Kier alpha value is -2.08. The molecule has 6 heteroatoms. The molecule has 0 radical (unpaired) electrons. The van der Waals surface area contributed by atoms with Gasteiger partial charge in [0.2, 0.25) is 11.8 Å². The lowest BCUT2D eigenvalue weighted by Crippen LogP contribution is -2.44. The highest BCUT2D eigenvalue weighted by Crippen LogP contribution is 2.17. The Labute approximate surface area is 143 Å². The first-order chi connectivity index (χ1) is 11.5. The van der Waals surface area contributed by atoms with Gasteiger partial charge in [-0.15, -0.1) is 0 Å². The molecule has 1 aliphatic heterocycles. The van der Waals surface area contributed by atoms with Gasteiger partial charge >= 0.3 is 0 Å². The van der Waals surface area contributed by atoms with Gasteiger partial charge in [0.15, 0.2) is 0 Å². The summed E-state index contributed by atoms with van der Waals surface area (Å²) in [4.78, 5) is 27.9. The zero-order valence-electron chi connectivity index (χ0n) is 14.7. The number of likely N-dealkylation sites (N-methyl/N-ethyl adjacent to an activating group) is 1. The SMILES string of the molecule is CNC(=O)C1CCN(CC(=O)N(C)Cc2ccc(OC)cc2)CC1. The van der Waals surface area contributed by atoms with Crippen LogP contribution in [0.15, 0.2) is 24.3 Å². The Bertz CT molecular complexity index is 551. The van der Waals surface area contributed by atoms with Gasteiger partial charge in [0, 0.05) is 26.6 Å². The Kier molecular flexibility index (Phi) is 6.61. The van der Waals surface area contributed by atoms with Gasteiger partial charge in [-0.05, 0) is 43.6 Å². The van der Waals surface area contributed by atoms with Crippen molar-refractivity contribution in [3.8, 4) is 5.75 Å². The van der Waals surface area contributed by atoms with Crippen LogP contribution in [0.2, 0.25) is 0 Å². The van der Waals surface area contributed by atoms with Crippen molar-refractivity contribution in [2.24, 2.45) is 5.92 Å². The van der Waals surface area contributed by atoms with Gasteiger partial charge in [0.1, 0.15) is 5.75 Å². The number of nitrogens with one attached hydrogen (secondary N) is 1. The van der Waals surface area contributed by atoms with Crippen LogP contribution in [0.1, 0.15) is 18.4 Å². The van der Waals surface area contributed by atoms with Crippen LogP contribution in [-0.4, -0.2) is 62.5 Å². The summed E-state index contributed by atoms with van der Waals surface area (Å²) >= 11 is 0. The quantitative estimate of drug-likeness (QED) is 0.847. The van der Waals surface area contributed by atoms with E-state index in [1.807, 2.05) is 31.3 Å². The van der Waals surface area contributed by atoms with Gasteiger partial charge < -0.3 is 15.0 Å². The fourth-order valence-corrected chi connectivity index (χ4v) is 2.96. The van der Waals surface area contributed by atoms with E-state index in [0.717, 1.165) is 37.2 Å². The topological polar surface area (TPSA) is 61.9 Å². The van der Waals surface area contributed by atoms with E-state index in [-0.39, 0.29) is 17.7 Å². The molecule has 0 atom stereocenters. The van der Waals surface area contributed by atoms with Crippen molar-refractivity contribution in [2.75, 3.05) is 40.8 Å². The Morgan fingerprint density at radius 3 is 2.42 bits per heavy atom. The van der Waals surface area contributed by atoms with E-state index < -0.39 is 0 Å². The maximum atomic E-state index is 12.4. The fourth-order valence-electron chi connectivity index (χ4n) is 2.96. The monoisotopic (exact) mass is 333 g/mol. The van der Waals surface area contributed by atoms with E-state index in [0.29, 0.717) is 13.1 Å². The van der Waals surface area contributed by atoms with Crippen LogP contribution in [-0.2, 0) is 16.1 Å². The summed E-state index contributed by atoms with van der Waals surface area (Å²) in [6.07, 6.45) is 1.63. The van der Waals surface area contributed by atoms with Gasteiger partial charge in [-0.25, -0.2) is 0 Å². The Morgan fingerprint density at radius 1 is 1.25 bits per heavy atom. The number of likely N-dealkylation sites (tertiary alicyclic amines) is 1. The molecule has 0 aliphatic carbocycles. The van der Waals surface area contributed by atoms with Gasteiger partial charge in [0.25, 0.3) is 0 Å². The van der Waals surface area contributed by atoms with E-state index in [4.69, 9.17) is 4.74 Å². The maximum Gasteiger partial charge on any atom is 0.236 e. The molecule has 1 saturated heterocycles. The van der Waals surface area contributed by atoms with Crippen molar-refractivity contribution in [2.45, 2.75) is 19.4 Å². The van der Waals surface area contributed by atoms with Crippen LogP contribution in [0.25, 0.3) is 0 Å². The number of methoxy groups -OCH3 is 1. The van der Waals surface area contributed by atoms with E-state index in [1.165, 1.54) is 0 Å². The first kappa shape index (κ1) is 18.3. The molecule has 0 saturated carbocycles. The predicted molar refractivity (Wildman–Crippen MR) is 92.7 cm³/mol. The Morgan fingerprint density at radius 2 is 1.88 bits per heavy atom. The molecule has 1 heterocycles. The summed E-state index contributed by atoms with van der Waals surface area (Å²) in [5.74, 6) is 1.10. The Balaban J connectivity index is 1.78. The average Bonchev–Trinajstić information content (AvgIpc) is 2.62. The first-order valence-electron chi connectivity index (χ1n) is 8.34. The summed E-state index contributed by atoms with van der Waals surface area (Å²) in [5, 5.41) is 2.70. The molecule has 0 aromatic heterocycles. The molecule has 1 aliphatic rings. The summed E-state index contributed by atoms with van der Waals surface area (Å²) in [6.45, 7) is 2.57. The number of carbonyl (C=O) groups excluding carboxylic acids is 2. The lowest BCUT2D eigenvalue weighted by atomic mass is 9.96. The smallest absolute Gasteiger partial charge is 0.236 e. The number of hydrogen-bond acceptors (Lipinski definition) is 4. The number of rotatable bonds is 6. The summed E-state index contributed by atoms with van der Waals surface area (Å²) in [6, 6.07) is 7.74. The number of carbonyl (C=O) groups is 2. The number of benzene rings is 1. The largest absolute Gasteiger partial charge is 0.497 e. The third-order valence-electron chi connectivity index (χ3n) is 4.57. The molecule has 6 nitrogen and oxygen atoms in total. The van der Waals surface area contributed by atoms with Gasteiger partial charge in [-0.1, -0.05) is 12.1 Å². The highest BCUT2D eigenvalue weighted by atomic mass is 16.5. The molecule has 0 spiro atoms. The van der Waals surface area contributed by atoms with E-state index in [9.17, 15) is 9.59 Å². The van der Waals surface area contributed by atoms with Gasteiger partial charge in [-0.3, -0.25) is 14.5 Å². The molecule has 0 unspecified atom stereocenters. The van der Waals surface area contributed by atoms with Gasteiger partial charge in [0.05, 0.1) is 13.7 Å². The number of nitrogens with zero attached hydrogens (tertiary/aromatic N) is 2. The first-order valence-corrected chi connectivity index (χ1v) is 8.34. The second kappa shape index (κ2) is 8.68. The van der Waals surface area contributed by atoms with Crippen molar-refractivity contribution >= 4 is 11.8 Å². The minimum atomic E-state index is 0.0818. The summed E-state index contributed by atoms with van der Waals surface area (Å²) < 4.78 is 5.14. The van der Waals surface area contributed by atoms with Crippen molar-refractivity contribution in [1.82, 2.24) is 15.1 Å². The third-order valence-corrected chi connectivity index (χ3v) is 4.57. The van der Waals surface area contributed by atoms with Crippen LogP contribution in [0.3, 0.4) is 0 Å². The average molecular weight is 333 g/mol. The maximum absolute atomic E-state index is 12.4. The van der Waals surface area contributed by atoms with Crippen LogP contribution < -0.4 is 10.1 Å². The second-order valence-electron chi connectivity index (χ2n) is 6.26. The van der Waals surface area contributed by atoms with E-state index >= 15 is 0 Å². The fraction of sp³-hybridized carbons (Fsp3) is 0.556. The van der Waals surface area contributed by atoms with Crippen LogP contribution in [0.4, 0.5) is 0 Å². The summed E-state index contributed by atoms with van der Waals surface area (Å²) in [5.41, 5.74) is 1.07. The van der Waals surface area contributed by atoms with E-state index in [1.54, 1.807) is 19.1 Å². The number of ether oxygens (including phenoxy) is 1. The second-order valence-corrected chi connectivity index (χ2v) is 6.26. The molecule has 1 aromatic carbocycles. The molecule has 132 valence electrons. The van der Waals surface area contributed by atoms with Crippen LogP contribution in [0, 0.1) is 5.92 Å². The van der Waals surface area contributed by atoms with Crippen LogP contribution in [0.5, 0.6) is 5.75 Å². The molecular weight excluding hydrogens is 306 g/mol. The highest BCUT2D eigenvalue weighted by Gasteiger charge is 2.25. The van der Waals surface area contributed by atoms with Crippen molar-refractivity contribution in [3.63, 3.8) is 0 Å². The van der Waals surface area contributed by atoms with Crippen molar-refractivity contribution < 1.29 is 14.3 Å². The molecule has 0 bridgehead atoms. The number of hydrogen-bond donors (Lipinski definition) is 1. The lowest BCUT2D eigenvalue weighted by molar-refractivity contribution is -0.132. The molecule has 1 N–H and O–H groups in total. The molecule has 2 amide bonds. The number of piperidine rings is 1. The predicted octanol–water partition coefficient (Wildman–Crippen LogP) is 1.11. The minimum Gasteiger partial charge on any atom is -0.497 e. The molecular formula is C18H27N3O3. The third kappa shape index (κ3) is 4.96. The zero-order chi connectivity index (χ0) is 17.5. The standard InChI is InChI=1S/C18H27N3O3/c1-19-18(23)15-8-10-21(11-9-15)13-17(22)20(2)12-14-4-6-16(24-3)7-5-14/h4-7,15H,8-13H2,1-3H3,(H,19,23).